The summed E-state index contributed by atoms with van der Waals surface area (Å²) in [5, 5.41) is 0. The largest absolute Gasteiger partial charge is 0.458 e. The molecular weight excluding hydrogens is 811 g/mol. The highest BCUT2D eigenvalue weighted by Crippen LogP contribution is 2.47. The predicted octanol–water partition coefficient (Wildman–Crippen LogP) is 12.0. The zero-order valence-electron chi connectivity index (χ0n) is 45.8. The highest BCUT2D eigenvalue weighted by atomic mass is 16.5. The minimum absolute atomic E-state index is 0.141. The molecule has 2 aromatic heterocycles. The molecule has 5 heterocycles. The van der Waals surface area contributed by atoms with Gasteiger partial charge in [0.05, 0.1) is 41.8 Å². The second-order valence-corrected chi connectivity index (χ2v) is 17.4. The first kappa shape index (κ1) is 29.2. The molecule has 7 nitrogen and oxygen atoms in total. The van der Waals surface area contributed by atoms with E-state index in [0.29, 0.717) is 39.7 Å². The Morgan fingerprint density at radius 3 is 2.02 bits per heavy atom. The second kappa shape index (κ2) is 14.6. The van der Waals surface area contributed by atoms with Crippen molar-refractivity contribution in [3.05, 3.63) is 206 Å². The van der Waals surface area contributed by atoms with Crippen molar-refractivity contribution in [1.29, 1.82) is 0 Å². The number of imidazole rings is 1. The Kier molecular flexibility index (Phi) is 6.45. The summed E-state index contributed by atoms with van der Waals surface area (Å²) in [5.74, 6) is 4.48. The lowest BCUT2D eigenvalue weighted by Crippen LogP contribution is -2.61. The molecule has 0 radical (unpaired) electrons. The van der Waals surface area contributed by atoms with Crippen LogP contribution in [-0.4, -0.2) is 16.3 Å². The van der Waals surface area contributed by atoms with Crippen molar-refractivity contribution in [3.8, 4) is 68.1 Å². The summed E-state index contributed by atoms with van der Waals surface area (Å²) in [6, 6.07) is 34.3. The first-order valence-electron chi connectivity index (χ1n) is 26.6. The summed E-state index contributed by atoms with van der Waals surface area (Å²) < 4.78 is 111. The minimum atomic E-state index is -0.574. The van der Waals surface area contributed by atoms with Gasteiger partial charge < -0.3 is 14.2 Å². The molecule has 13 rings (SSSR count). The Bertz CT molecular complexity index is 4050. The fourth-order valence-electron chi connectivity index (χ4n) is 9.55. The zero-order chi connectivity index (χ0) is 52.8. The van der Waals surface area contributed by atoms with Crippen LogP contribution in [0.2, 0.25) is 0 Å². The van der Waals surface area contributed by atoms with Crippen molar-refractivity contribution in [2.75, 3.05) is 4.90 Å². The van der Waals surface area contributed by atoms with Gasteiger partial charge in [-0.2, -0.15) is 0 Å². The highest BCUT2D eigenvalue weighted by molar-refractivity contribution is 7.00. The SMILES string of the molecule is [2H]c1c([2H])c([2H])c(-c2cccc(-c3c([2H])c([2H])c([2H])c([2H])c3[2H])c2-[n+]2[c-]n(-c3cccc(Oc4cc5c6c(c4)N(c4cc(C(C)(C)C)ccn4)c4cccc7c4B6c4c(cccc4O5)O7)c3)c3ccccc32)c([2H])c1[2H]. The van der Waals surface area contributed by atoms with E-state index in [4.69, 9.17) is 32.9 Å². The third-order valence-electron chi connectivity index (χ3n) is 12.5. The van der Waals surface area contributed by atoms with Crippen LogP contribution in [-0.2, 0) is 5.41 Å². The normalized spacial score (nSPS) is 15.1. The number of nitrogens with zero attached hydrogens (tertiary/aromatic N) is 4. The van der Waals surface area contributed by atoms with Gasteiger partial charge in [0.2, 0.25) is 0 Å². The molecule has 3 aliphatic heterocycles. The number of benzene rings is 8. The first-order valence-corrected chi connectivity index (χ1v) is 21.6. The quantitative estimate of drug-likeness (QED) is 0.0908. The number of ether oxygens (including phenoxy) is 3. The van der Waals surface area contributed by atoms with Gasteiger partial charge in [-0.25, -0.2) is 4.98 Å². The first-order chi connectivity index (χ1) is 36.5. The van der Waals surface area contributed by atoms with E-state index in [1.54, 1.807) is 27.3 Å². The monoisotopic (exact) mass is 862 g/mol. The van der Waals surface area contributed by atoms with Crippen LogP contribution < -0.4 is 40.1 Å². The van der Waals surface area contributed by atoms with Crippen LogP contribution in [0, 0.1) is 6.33 Å². The molecule has 8 heteroatoms. The number of rotatable bonds is 7. The lowest BCUT2D eigenvalue weighted by Gasteiger charge is -2.42. The molecule has 10 aromatic rings. The molecule has 8 aromatic carbocycles. The molecule has 0 bridgehead atoms. The second-order valence-electron chi connectivity index (χ2n) is 17.4. The van der Waals surface area contributed by atoms with Crippen molar-refractivity contribution < 1.29 is 32.5 Å². The molecule has 3 aliphatic rings. The Morgan fingerprint density at radius 1 is 0.621 bits per heavy atom. The Morgan fingerprint density at radius 2 is 1.27 bits per heavy atom. The van der Waals surface area contributed by atoms with E-state index >= 15 is 0 Å². The molecule has 0 amide bonds. The Hall–Kier alpha value is -8.36. The number of aromatic nitrogens is 3. The topological polar surface area (TPSA) is 52.6 Å². The standard InChI is InChI=1S/C58H41BN4O3/c1-58(2,3)39-30-31-60-53(32-39)63-47-26-14-27-49-54(47)59-55-48(63)34-42(35-52(55)66-51-29-15-28-50(65-49)56(51)59)64-41-21-12-20-40(33-41)61-36-62(46-25-11-10-24-45(46)61)57-43(37-16-6-4-7-17-37)22-13-23-44(57)38-18-8-5-9-19-38/h4-35H,1-3H3/i4D,5D,6D,7D,8D,9D,16D,17D,18D,19D. The van der Waals surface area contributed by atoms with Gasteiger partial charge in [-0.15, -0.1) is 0 Å². The van der Waals surface area contributed by atoms with E-state index in [9.17, 15) is 0 Å². The average Bonchev–Trinajstić information content (AvgIpc) is 3.83. The molecule has 66 heavy (non-hydrogen) atoms. The molecule has 0 saturated carbocycles. The van der Waals surface area contributed by atoms with Crippen LogP contribution >= 0.6 is 0 Å². The fraction of sp³-hybridized carbons (Fsp3) is 0.0690. The smallest absolute Gasteiger partial charge is 0.269 e. The number of hydrogen-bond acceptors (Lipinski definition) is 5. The van der Waals surface area contributed by atoms with Gasteiger partial charge in [0.1, 0.15) is 40.3 Å². The average molecular weight is 863 g/mol. The molecule has 0 saturated heterocycles. The third kappa shape index (κ3) is 5.98. The van der Waals surface area contributed by atoms with Crippen LogP contribution in [0.1, 0.15) is 40.0 Å². The summed E-state index contributed by atoms with van der Waals surface area (Å²) in [7, 11) is 0. The third-order valence-corrected chi connectivity index (χ3v) is 12.5. The van der Waals surface area contributed by atoms with Crippen molar-refractivity contribution in [3.63, 3.8) is 0 Å². The van der Waals surface area contributed by atoms with Crippen molar-refractivity contribution in [2.45, 2.75) is 26.2 Å². The van der Waals surface area contributed by atoms with Gasteiger partial charge in [0.15, 0.2) is 0 Å². The number of para-hydroxylation sites is 3. The van der Waals surface area contributed by atoms with Crippen LogP contribution in [0.5, 0.6) is 34.5 Å². The molecule has 0 atom stereocenters. The van der Waals surface area contributed by atoms with Crippen molar-refractivity contribution in [2.24, 2.45) is 0 Å². The van der Waals surface area contributed by atoms with Gasteiger partial charge in [-0.1, -0.05) is 142 Å². The maximum atomic E-state index is 9.07. The lowest BCUT2D eigenvalue weighted by molar-refractivity contribution is -0.571. The molecule has 0 spiro atoms. The van der Waals surface area contributed by atoms with Gasteiger partial charge >= 0.3 is 0 Å². The molecule has 0 aliphatic carbocycles. The van der Waals surface area contributed by atoms with Gasteiger partial charge in [0, 0.05) is 29.5 Å². The maximum Gasteiger partial charge on any atom is 0.269 e. The number of fused-ring (bicyclic) bond motifs is 1. The van der Waals surface area contributed by atoms with Gasteiger partial charge in [0.25, 0.3) is 13.0 Å². The zero-order valence-corrected chi connectivity index (χ0v) is 35.8. The summed E-state index contributed by atoms with van der Waals surface area (Å²) >= 11 is 0. The lowest BCUT2D eigenvalue weighted by atomic mass is 9.33. The van der Waals surface area contributed by atoms with E-state index in [1.807, 2.05) is 103 Å². The maximum absolute atomic E-state index is 9.07. The van der Waals surface area contributed by atoms with E-state index in [2.05, 4.69) is 44.1 Å². The Labute approximate surface area is 397 Å². The minimum Gasteiger partial charge on any atom is -0.458 e. The van der Waals surface area contributed by atoms with Crippen molar-refractivity contribution >= 4 is 51.3 Å². The summed E-state index contributed by atoms with van der Waals surface area (Å²) in [4.78, 5) is 7.12. The highest BCUT2D eigenvalue weighted by Gasteiger charge is 2.48. The van der Waals surface area contributed by atoms with Gasteiger partial charge in [-0.05, 0) is 98.8 Å². The Balaban J connectivity index is 0.982. The van der Waals surface area contributed by atoms with E-state index in [-0.39, 0.29) is 40.1 Å². The summed E-state index contributed by atoms with van der Waals surface area (Å²) in [6.07, 6.45) is 5.30. The molecule has 0 N–H and O–H groups in total. The van der Waals surface area contributed by atoms with E-state index < -0.39 is 60.4 Å². The number of hydrogen-bond donors (Lipinski definition) is 0. The van der Waals surface area contributed by atoms with Crippen LogP contribution in [0.15, 0.2) is 194 Å². The van der Waals surface area contributed by atoms with Crippen molar-refractivity contribution in [1.82, 2.24) is 9.55 Å². The summed E-state index contributed by atoms with van der Waals surface area (Å²) in [5.41, 5.74) is 7.58. The molecular formula is C58H41BN4O3. The molecule has 314 valence electrons. The van der Waals surface area contributed by atoms with Crippen LogP contribution in [0.25, 0.3) is 44.7 Å². The molecule has 0 fully saturated rings. The van der Waals surface area contributed by atoms with E-state index in [1.165, 1.54) is 0 Å². The molecule has 0 unspecified atom stereocenters. The van der Waals surface area contributed by atoms with Crippen LogP contribution in [0.4, 0.5) is 17.2 Å². The van der Waals surface area contributed by atoms with E-state index in [0.717, 1.165) is 50.6 Å². The predicted molar refractivity (Wildman–Crippen MR) is 263 cm³/mol. The fourth-order valence-corrected chi connectivity index (χ4v) is 9.55. The summed E-state index contributed by atoms with van der Waals surface area (Å²) in [6.45, 7) is 6.33. The number of anilines is 3. The van der Waals surface area contributed by atoms with Crippen LogP contribution in [0.3, 0.4) is 0 Å². The number of pyridine rings is 1. The van der Waals surface area contributed by atoms with Gasteiger partial charge in [-0.3, -0.25) is 14.0 Å².